The van der Waals surface area contributed by atoms with E-state index in [1.807, 2.05) is 36.4 Å². The number of carbonyl (C=O) groups excluding carboxylic acids is 2. The first-order chi connectivity index (χ1) is 12.2. The molecule has 1 amide bonds. The van der Waals surface area contributed by atoms with Crippen LogP contribution in [0.4, 0.5) is 0 Å². The number of amides is 1. The van der Waals surface area contributed by atoms with Crippen molar-refractivity contribution >= 4 is 11.9 Å². The first-order valence-corrected chi connectivity index (χ1v) is 8.80. The second-order valence-electron chi connectivity index (χ2n) is 5.91. The highest BCUT2D eigenvalue weighted by molar-refractivity contribution is 5.97. The third kappa shape index (κ3) is 6.07. The molecule has 4 heteroatoms. The van der Waals surface area contributed by atoms with Gasteiger partial charge in [0, 0.05) is 5.56 Å². The number of benzene rings is 2. The average molecular weight is 339 g/mol. The van der Waals surface area contributed by atoms with Crippen LogP contribution in [0.1, 0.15) is 54.6 Å². The van der Waals surface area contributed by atoms with Gasteiger partial charge in [0.1, 0.15) is 0 Å². The van der Waals surface area contributed by atoms with Crippen molar-refractivity contribution in [3.8, 4) is 0 Å². The zero-order chi connectivity index (χ0) is 17.9. The molecule has 0 saturated heterocycles. The van der Waals surface area contributed by atoms with Crippen LogP contribution >= 0.6 is 0 Å². The molecule has 0 bridgehead atoms. The first-order valence-electron chi connectivity index (χ1n) is 8.80. The van der Waals surface area contributed by atoms with Gasteiger partial charge in [0.15, 0.2) is 6.04 Å². The Morgan fingerprint density at radius 1 is 0.920 bits per heavy atom. The number of esters is 1. The van der Waals surface area contributed by atoms with Crippen LogP contribution in [0.3, 0.4) is 0 Å². The minimum Gasteiger partial charge on any atom is -0.464 e. The van der Waals surface area contributed by atoms with Crippen molar-refractivity contribution in [1.29, 1.82) is 0 Å². The summed E-state index contributed by atoms with van der Waals surface area (Å²) in [4.78, 5) is 24.9. The van der Waals surface area contributed by atoms with Gasteiger partial charge in [-0.2, -0.15) is 0 Å². The second kappa shape index (κ2) is 10.3. The maximum atomic E-state index is 12.5. The zero-order valence-electron chi connectivity index (χ0n) is 14.6. The summed E-state index contributed by atoms with van der Waals surface area (Å²) in [5.74, 6) is -0.718. The smallest absolute Gasteiger partial charge is 0.333 e. The van der Waals surface area contributed by atoms with Crippen molar-refractivity contribution in [3.05, 3.63) is 71.8 Å². The lowest BCUT2D eigenvalue weighted by atomic mass is 10.1. The molecule has 0 aliphatic carbocycles. The standard InChI is InChI=1S/C21H25NO3/c1-2-3-4-11-16-25-21(24)19(17-12-7-5-8-13-17)22-20(23)18-14-9-6-10-15-18/h5-10,12-15,19H,2-4,11,16H2,1H3,(H,22,23)/t19-/m1/s1. The van der Waals surface area contributed by atoms with Crippen LogP contribution in [-0.4, -0.2) is 18.5 Å². The predicted molar refractivity (Wildman–Crippen MR) is 98.2 cm³/mol. The Labute approximate surface area is 149 Å². The summed E-state index contributed by atoms with van der Waals surface area (Å²) in [6.07, 6.45) is 4.14. The minimum absolute atomic E-state index is 0.294. The van der Waals surface area contributed by atoms with Gasteiger partial charge in [-0.05, 0) is 24.1 Å². The summed E-state index contributed by atoms with van der Waals surface area (Å²) in [5, 5.41) is 2.79. The van der Waals surface area contributed by atoms with E-state index in [2.05, 4.69) is 12.2 Å². The van der Waals surface area contributed by atoms with Crippen LogP contribution in [0.2, 0.25) is 0 Å². The quantitative estimate of drug-likeness (QED) is 0.548. The van der Waals surface area contributed by atoms with Gasteiger partial charge in [-0.25, -0.2) is 4.79 Å². The Balaban J connectivity index is 2.03. The third-order valence-corrected chi connectivity index (χ3v) is 3.92. The largest absolute Gasteiger partial charge is 0.464 e. The highest BCUT2D eigenvalue weighted by Gasteiger charge is 2.24. The number of nitrogens with one attached hydrogen (secondary N) is 1. The molecule has 0 aromatic heterocycles. The first kappa shape index (κ1) is 18.7. The molecule has 0 radical (unpaired) electrons. The highest BCUT2D eigenvalue weighted by Crippen LogP contribution is 2.16. The maximum absolute atomic E-state index is 12.5. The molecule has 0 aliphatic rings. The molecule has 0 heterocycles. The third-order valence-electron chi connectivity index (χ3n) is 3.92. The van der Waals surface area contributed by atoms with E-state index in [9.17, 15) is 9.59 Å². The van der Waals surface area contributed by atoms with Gasteiger partial charge >= 0.3 is 5.97 Å². The molecule has 1 atom stereocenters. The molecular weight excluding hydrogens is 314 g/mol. The summed E-state index contributed by atoms with van der Waals surface area (Å²) < 4.78 is 5.39. The summed E-state index contributed by atoms with van der Waals surface area (Å²) in [7, 11) is 0. The number of ether oxygens (including phenoxy) is 1. The van der Waals surface area contributed by atoms with Gasteiger partial charge in [0.25, 0.3) is 5.91 Å². The molecular formula is C21H25NO3. The van der Waals surface area contributed by atoms with Gasteiger partial charge in [-0.1, -0.05) is 74.7 Å². The van der Waals surface area contributed by atoms with Gasteiger partial charge in [-0.3, -0.25) is 4.79 Å². The summed E-state index contributed by atoms with van der Waals surface area (Å²) in [6, 6.07) is 17.2. The number of rotatable bonds is 9. The molecule has 2 rings (SSSR count). The summed E-state index contributed by atoms with van der Waals surface area (Å²) in [5.41, 5.74) is 1.23. The topological polar surface area (TPSA) is 55.4 Å². The molecule has 2 aromatic rings. The van der Waals surface area contributed by atoms with Crippen LogP contribution in [0, 0.1) is 0 Å². The fourth-order valence-electron chi connectivity index (χ4n) is 2.51. The molecule has 0 unspecified atom stereocenters. The van der Waals surface area contributed by atoms with E-state index in [4.69, 9.17) is 4.74 Å². The minimum atomic E-state index is -0.805. The lowest BCUT2D eigenvalue weighted by molar-refractivity contribution is -0.146. The Morgan fingerprint density at radius 3 is 2.20 bits per heavy atom. The molecule has 1 N–H and O–H groups in total. The van der Waals surface area contributed by atoms with Gasteiger partial charge in [0.2, 0.25) is 0 Å². The number of unbranched alkanes of at least 4 members (excludes halogenated alkanes) is 3. The van der Waals surface area contributed by atoms with Crippen molar-refractivity contribution < 1.29 is 14.3 Å². The number of hydrogen-bond acceptors (Lipinski definition) is 3. The van der Waals surface area contributed by atoms with E-state index in [1.54, 1.807) is 24.3 Å². The van der Waals surface area contributed by atoms with Crippen LogP contribution in [0.5, 0.6) is 0 Å². The number of hydrogen-bond donors (Lipinski definition) is 1. The van der Waals surface area contributed by atoms with E-state index in [-0.39, 0.29) is 5.91 Å². The molecule has 0 aliphatic heterocycles. The lowest BCUT2D eigenvalue weighted by Gasteiger charge is -2.18. The lowest BCUT2D eigenvalue weighted by Crippen LogP contribution is -2.35. The number of carbonyl (C=O) groups is 2. The normalized spacial score (nSPS) is 11.6. The van der Waals surface area contributed by atoms with Crippen molar-refractivity contribution in [2.24, 2.45) is 0 Å². The Kier molecular flexibility index (Phi) is 7.70. The Bertz CT molecular complexity index is 655. The zero-order valence-corrected chi connectivity index (χ0v) is 14.6. The van der Waals surface area contributed by atoms with Crippen LogP contribution in [0.15, 0.2) is 60.7 Å². The highest BCUT2D eigenvalue weighted by atomic mass is 16.5. The van der Waals surface area contributed by atoms with Gasteiger partial charge in [0.05, 0.1) is 6.61 Å². The predicted octanol–water partition coefficient (Wildman–Crippen LogP) is 4.28. The van der Waals surface area contributed by atoms with E-state index >= 15 is 0 Å². The second-order valence-corrected chi connectivity index (χ2v) is 5.91. The fourth-order valence-corrected chi connectivity index (χ4v) is 2.51. The van der Waals surface area contributed by atoms with Crippen molar-refractivity contribution in [2.45, 2.75) is 38.6 Å². The molecule has 4 nitrogen and oxygen atoms in total. The van der Waals surface area contributed by atoms with E-state index in [0.29, 0.717) is 17.7 Å². The molecule has 0 fully saturated rings. The van der Waals surface area contributed by atoms with Crippen LogP contribution < -0.4 is 5.32 Å². The monoisotopic (exact) mass is 339 g/mol. The van der Waals surface area contributed by atoms with E-state index < -0.39 is 12.0 Å². The molecule has 132 valence electrons. The van der Waals surface area contributed by atoms with Gasteiger partial charge in [-0.15, -0.1) is 0 Å². The van der Waals surface area contributed by atoms with Gasteiger partial charge < -0.3 is 10.1 Å². The van der Waals surface area contributed by atoms with Crippen molar-refractivity contribution in [3.63, 3.8) is 0 Å². The summed E-state index contributed by atoms with van der Waals surface area (Å²) >= 11 is 0. The molecule has 2 aromatic carbocycles. The van der Waals surface area contributed by atoms with E-state index in [0.717, 1.165) is 25.7 Å². The molecule has 25 heavy (non-hydrogen) atoms. The SMILES string of the molecule is CCCCCCOC(=O)[C@H](NC(=O)c1ccccc1)c1ccccc1. The van der Waals surface area contributed by atoms with Crippen molar-refractivity contribution in [2.75, 3.05) is 6.61 Å². The molecule has 0 saturated carbocycles. The fraction of sp³-hybridized carbons (Fsp3) is 0.333. The maximum Gasteiger partial charge on any atom is 0.333 e. The van der Waals surface area contributed by atoms with Crippen LogP contribution in [-0.2, 0) is 9.53 Å². The Hall–Kier alpha value is -2.62. The van der Waals surface area contributed by atoms with Crippen LogP contribution in [0.25, 0.3) is 0 Å². The Morgan fingerprint density at radius 2 is 1.56 bits per heavy atom. The van der Waals surface area contributed by atoms with Crippen molar-refractivity contribution in [1.82, 2.24) is 5.32 Å². The summed E-state index contributed by atoms with van der Waals surface area (Å²) in [6.45, 7) is 2.51. The molecule has 0 spiro atoms. The average Bonchev–Trinajstić information content (AvgIpc) is 2.67. The van der Waals surface area contributed by atoms with E-state index in [1.165, 1.54) is 0 Å².